The zero-order valence-corrected chi connectivity index (χ0v) is 10.6. The van der Waals surface area contributed by atoms with Crippen LogP contribution >= 0.6 is 0 Å². The summed E-state index contributed by atoms with van der Waals surface area (Å²) in [7, 11) is 0. The summed E-state index contributed by atoms with van der Waals surface area (Å²) in [6, 6.07) is 8.69. The molecule has 6 heteroatoms. The van der Waals surface area contributed by atoms with Crippen molar-refractivity contribution in [3.63, 3.8) is 0 Å². The van der Waals surface area contributed by atoms with Crippen LogP contribution in [0.25, 0.3) is 0 Å². The molecule has 0 spiro atoms. The van der Waals surface area contributed by atoms with Crippen molar-refractivity contribution in [2.24, 2.45) is 0 Å². The van der Waals surface area contributed by atoms with Gasteiger partial charge in [0.25, 0.3) is 0 Å². The Hall–Kier alpha value is -3.02. The van der Waals surface area contributed by atoms with Crippen LogP contribution in [0.5, 0.6) is 0 Å². The lowest BCUT2D eigenvalue weighted by Crippen LogP contribution is -2.05. The van der Waals surface area contributed by atoms with E-state index in [1.54, 1.807) is 42.7 Å². The Morgan fingerprint density at radius 3 is 1.65 bits per heavy atom. The number of hydrogen-bond donors (Lipinski definition) is 1. The zero-order valence-electron chi connectivity index (χ0n) is 10.6. The van der Waals surface area contributed by atoms with Gasteiger partial charge in [0.1, 0.15) is 0 Å². The molecular formula is C14H14N4O2. The van der Waals surface area contributed by atoms with E-state index in [4.69, 9.17) is 5.11 Å². The molecule has 1 aromatic heterocycles. The minimum absolute atomic E-state index is 0.943. The van der Waals surface area contributed by atoms with E-state index in [1.165, 1.54) is 37.2 Å². The molecule has 0 saturated carbocycles. The molecule has 0 atom stereocenters. The van der Waals surface area contributed by atoms with Crippen LogP contribution in [0.15, 0.2) is 79.9 Å². The molecule has 0 aromatic carbocycles. The molecule has 0 amide bonds. The maximum absolute atomic E-state index is 10.9. The Bertz CT molecular complexity index is 553. The lowest BCUT2D eigenvalue weighted by atomic mass is 10.5. The van der Waals surface area contributed by atoms with Crippen LogP contribution in [0.3, 0.4) is 0 Å². The molecule has 20 heavy (non-hydrogen) atoms. The van der Waals surface area contributed by atoms with Gasteiger partial charge < -0.3 is 5.11 Å². The number of hydrogen-bond acceptors (Lipinski definition) is 4. The lowest BCUT2D eigenvalue weighted by Gasteiger charge is -1.91. The summed E-state index contributed by atoms with van der Waals surface area (Å²) in [4.78, 5) is 22.7. The van der Waals surface area contributed by atoms with Crippen molar-refractivity contribution < 1.29 is 9.90 Å². The highest BCUT2D eigenvalue weighted by Gasteiger charge is 1.90. The van der Waals surface area contributed by atoms with Crippen molar-refractivity contribution in [3.05, 3.63) is 79.9 Å². The molecule has 6 nitrogen and oxygen atoms in total. The van der Waals surface area contributed by atoms with Gasteiger partial charge in [-0.1, -0.05) is 12.1 Å². The smallest absolute Gasteiger partial charge is 0.415 e. The molecular weight excluding hydrogens is 256 g/mol. The molecule has 0 bridgehead atoms. The molecule has 0 aliphatic heterocycles. The fourth-order valence-corrected chi connectivity index (χ4v) is 1.01. The highest BCUT2D eigenvalue weighted by Crippen LogP contribution is 1.80. The van der Waals surface area contributed by atoms with E-state index in [9.17, 15) is 4.79 Å². The Kier molecular flexibility index (Phi) is 7.49. The maximum atomic E-state index is 10.9. The summed E-state index contributed by atoms with van der Waals surface area (Å²) < 4.78 is 0.943. The number of carbonyl (C=O) groups is 1. The Labute approximate surface area is 116 Å². The minimum Gasteiger partial charge on any atom is -0.464 e. The SMILES string of the molecule is O=C(O)n1ccnccccccncccncc1. The monoisotopic (exact) mass is 270 g/mol. The van der Waals surface area contributed by atoms with Crippen molar-refractivity contribution in [1.82, 2.24) is 19.5 Å². The second kappa shape index (κ2) is 9.95. The molecule has 0 aliphatic rings. The van der Waals surface area contributed by atoms with Gasteiger partial charge in [0.05, 0.1) is 0 Å². The fourth-order valence-electron chi connectivity index (χ4n) is 1.01. The fraction of sp³-hybridized carbons (Fsp3) is 0. The van der Waals surface area contributed by atoms with Crippen molar-refractivity contribution >= 4 is 6.09 Å². The van der Waals surface area contributed by atoms with Crippen LogP contribution < -0.4 is 0 Å². The van der Waals surface area contributed by atoms with Gasteiger partial charge >= 0.3 is 6.09 Å². The molecule has 1 rings (SSSR count). The summed E-state index contributed by atoms with van der Waals surface area (Å²) in [5.74, 6) is 0. The predicted molar refractivity (Wildman–Crippen MR) is 74.1 cm³/mol. The second-order valence-electron chi connectivity index (χ2n) is 3.29. The number of aromatic nitrogens is 4. The van der Waals surface area contributed by atoms with Crippen LogP contribution in [0.4, 0.5) is 4.79 Å². The third kappa shape index (κ3) is 7.33. The molecule has 102 valence electrons. The van der Waals surface area contributed by atoms with E-state index in [0.717, 1.165) is 4.57 Å². The van der Waals surface area contributed by atoms with E-state index >= 15 is 0 Å². The first kappa shape index (κ1) is 15.0. The van der Waals surface area contributed by atoms with Gasteiger partial charge in [-0.3, -0.25) is 19.5 Å². The summed E-state index contributed by atoms with van der Waals surface area (Å²) in [6.07, 6.45) is 10.5. The highest BCUT2D eigenvalue weighted by molar-refractivity contribution is 5.67. The van der Waals surface area contributed by atoms with Gasteiger partial charge in [-0.2, -0.15) is 0 Å². The van der Waals surface area contributed by atoms with Gasteiger partial charge in [-0.15, -0.1) is 0 Å². The molecule has 0 unspecified atom stereocenters. The summed E-state index contributed by atoms with van der Waals surface area (Å²) in [6.45, 7) is 0. The molecule has 1 aromatic rings. The van der Waals surface area contributed by atoms with E-state index in [0.29, 0.717) is 0 Å². The van der Waals surface area contributed by atoms with Crippen LogP contribution in [-0.2, 0) is 0 Å². The van der Waals surface area contributed by atoms with Crippen molar-refractivity contribution in [1.29, 1.82) is 0 Å². The predicted octanol–water partition coefficient (Wildman–Crippen LogP) is 2.57. The van der Waals surface area contributed by atoms with Gasteiger partial charge in [-0.05, 0) is 18.2 Å². The second-order valence-corrected chi connectivity index (χ2v) is 3.29. The highest BCUT2D eigenvalue weighted by atomic mass is 16.4. The standard InChI is InChI=1S/C14H14N4O2/c19-14(20)18-12-10-16-7-4-2-1-3-6-15-8-5-9-17-11-13-18/h1-13H,(H,19,20). The van der Waals surface area contributed by atoms with Crippen molar-refractivity contribution in [2.75, 3.05) is 0 Å². The van der Waals surface area contributed by atoms with Crippen molar-refractivity contribution in [3.8, 4) is 0 Å². The number of carboxylic acid groups (broad SMARTS) is 1. The first-order chi connectivity index (χ1) is 9.80. The third-order valence-corrected chi connectivity index (χ3v) is 1.87. The summed E-state index contributed by atoms with van der Waals surface area (Å²) in [5.41, 5.74) is 0. The molecule has 0 fully saturated rings. The molecule has 0 radical (unpaired) electrons. The molecule has 1 heterocycles. The van der Waals surface area contributed by atoms with E-state index in [1.807, 2.05) is 0 Å². The van der Waals surface area contributed by atoms with Gasteiger partial charge in [-0.25, -0.2) is 4.79 Å². The van der Waals surface area contributed by atoms with Crippen LogP contribution in [0.1, 0.15) is 0 Å². The average molecular weight is 270 g/mol. The van der Waals surface area contributed by atoms with Gasteiger partial charge in [0.15, 0.2) is 0 Å². The van der Waals surface area contributed by atoms with Crippen molar-refractivity contribution in [2.45, 2.75) is 0 Å². The normalized spacial score (nSPS) is 8.40. The first-order valence-electron chi connectivity index (χ1n) is 5.72. The lowest BCUT2D eigenvalue weighted by molar-refractivity contribution is 0.196. The first-order valence-corrected chi connectivity index (χ1v) is 5.72. The minimum atomic E-state index is -1.13. The van der Waals surface area contributed by atoms with E-state index in [-0.39, 0.29) is 0 Å². The summed E-state index contributed by atoms with van der Waals surface area (Å²) in [5, 5.41) is 8.93. The zero-order chi connectivity index (χ0) is 14.5. The van der Waals surface area contributed by atoms with Crippen LogP contribution in [0.2, 0.25) is 0 Å². The number of rotatable bonds is 0. The quantitative estimate of drug-likeness (QED) is 0.783. The third-order valence-electron chi connectivity index (χ3n) is 1.87. The molecule has 0 aliphatic carbocycles. The van der Waals surface area contributed by atoms with Crippen LogP contribution in [0, 0.1) is 0 Å². The Morgan fingerprint density at radius 1 is 0.700 bits per heavy atom. The molecule has 0 saturated heterocycles. The van der Waals surface area contributed by atoms with E-state index < -0.39 is 6.09 Å². The number of nitrogens with zero attached hydrogens (tertiary/aromatic N) is 4. The summed E-state index contributed by atoms with van der Waals surface area (Å²) >= 11 is 0. The van der Waals surface area contributed by atoms with E-state index in [2.05, 4.69) is 15.0 Å². The topological polar surface area (TPSA) is 80.9 Å². The van der Waals surface area contributed by atoms with Crippen LogP contribution in [-0.4, -0.2) is 30.7 Å². The molecule has 1 N–H and O–H groups in total. The van der Waals surface area contributed by atoms with Gasteiger partial charge in [0, 0.05) is 49.6 Å². The maximum Gasteiger partial charge on any atom is 0.415 e. The van der Waals surface area contributed by atoms with Gasteiger partial charge in [0.2, 0.25) is 0 Å². The Morgan fingerprint density at radius 2 is 1.15 bits per heavy atom. The largest absolute Gasteiger partial charge is 0.464 e. The Balaban J connectivity index is 3.25. The average Bonchev–Trinajstić information content (AvgIpc) is 2.43.